The van der Waals surface area contributed by atoms with E-state index in [2.05, 4.69) is 9.97 Å². The molecule has 2 aromatic rings. The number of hydrogen-bond donors (Lipinski definition) is 2. The Morgan fingerprint density at radius 2 is 1.04 bits per heavy atom. The highest BCUT2D eigenvalue weighted by Gasteiger charge is 2.39. The smallest absolute Gasteiger partial charge is 0.360 e. The highest BCUT2D eigenvalue weighted by Crippen LogP contribution is 2.33. The Hall–Kier alpha value is -4.88. The van der Waals surface area contributed by atoms with E-state index in [4.69, 9.17) is 27.8 Å². The molecule has 0 aromatic carbocycles. The zero-order chi connectivity index (χ0) is 41.1. The van der Waals surface area contributed by atoms with Gasteiger partial charge in [-0.3, -0.25) is 0 Å². The zero-order valence-electron chi connectivity index (χ0n) is 33.7. The molecule has 6 atom stereocenters. The molecule has 0 fully saturated rings. The highest BCUT2D eigenvalue weighted by molar-refractivity contribution is 5.87. The van der Waals surface area contributed by atoms with Gasteiger partial charge in [0.1, 0.15) is 24.7 Å². The highest BCUT2D eigenvalue weighted by atomic mass is 16.6. The summed E-state index contributed by atoms with van der Waals surface area (Å²) in [5.74, 6) is -0.754. The number of carbonyl (C=O) groups excluding carboxylic acids is 2. The first-order chi connectivity index (χ1) is 26.8. The lowest BCUT2D eigenvalue weighted by molar-refractivity contribution is -0.0461. The first-order valence-electron chi connectivity index (χ1n) is 18.7. The minimum absolute atomic E-state index is 0.0120. The van der Waals surface area contributed by atoms with Crippen molar-refractivity contribution in [1.82, 2.24) is 9.97 Å². The van der Waals surface area contributed by atoms with Crippen LogP contribution >= 0.6 is 0 Å². The summed E-state index contributed by atoms with van der Waals surface area (Å²) in [5, 5.41) is 21.8. The number of aromatic nitrogens is 2. The van der Waals surface area contributed by atoms with Gasteiger partial charge >= 0.3 is 11.9 Å². The van der Waals surface area contributed by atoms with Crippen LogP contribution in [0.15, 0.2) is 119 Å². The number of aliphatic hydroxyl groups is 2. The van der Waals surface area contributed by atoms with Crippen LogP contribution in [0.3, 0.4) is 0 Å². The van der Waals surface area contributed by atoms with E-state index in [9.17, 15) is 19.8 Å². The fourth-order valence-electron chi connectivity index (χ4n) is 5.62. The second kappa shape index (κ2) is 22.6. The van der Waals surface area contributed by atoms with Crippen LogP contribution in [0.2, 0.25) is 0 Å². The topological polar surface area (TPSA) is 164 Å². The Morgan fingerprint density at radius 3 is 1.39 bits per heavy atom. The molecule has 0 spiro atoms. The first-order valence-corrected chi connectivity index (χ1v) is 18.7. The number of rotatable bonds is 8. The van der Waals surface area contributed by atoms with Crippen LogP contribution in [0, 0.1) is 10.8 Å². The predicted octanol–water partition coefficient (Wildman–Crippen LogP) is 7.59. The van der Waals surface area contributed by atoms with Gasteiger partial charge in [-0.25, -0.2) is 19.6 Å². The summed E-state index contributed by atoms with van der Waals surface area (Å²) in [6.07, 6.45) is 28.4. The van der Waals surface area contributed by atoms with Gasteiger partial charge in [-0.2, -0.15) is 0 Å². The van der Waals surface area contributed by atoms with Crippen LogP contribution in [0.4, 0.5) is 0 Å². The number of nitrogens with zero attached hydrogens (tertiary/aromatic N) is 2. The molecule has 0 aliphatic carbocycles. The maximum Gasteiger partial charge on any atom is 0.360 e. The van der Waals surface area contributed by atoms with Gasteiger partial charge in [0.25, 0.3) is 0 Å². The lowest BCUT2D eigenvalue weighted by Gasteiger charge is -2.36. The third-order valence-electron chi connectivity index (χ3n) is 9.60. The molecule has 1 aliphatic heterocycles. The Bertz CT molecular complexity index is 1640. The van der Waals surface area contributed by atoms with Gasteiger partial charge in [-0.1, -0.05) is 125 Å². The van der Waals surface area contributed by atoms with Crippen molar-refractivity contribution in [3.05, 3.63) is 133 Å². The number of methoxy groups -OCH3 is 2. The molecule has 12 heteroatoms. The van der Waals surface area contributed by atoms with Crippen molar-refractivity contribution in [3.63, 3.8) is 0 Å². The second-order valence-electron chi connectivity index (χ2n) is 14.4. The molecule has 3 rings (SSSR count). The average Bonchev–Trinajstić information content (AvgIpc) is 3.85. The minimum atomic E-state index is -0.880. The number of esters is 2. The van der Waals surface area contributed by atoms with E-state index in [1.807, 2.05) is 114 Å². The Kier molecular flexibility index (Phi) is 18.4. The van der Waals surface area contributed by atoms with Crippen LogP contribution in [-0.2, 0) is 31.8 Å². The van der Waals surface area contributed by atoms with Gasteiger partial charge in [0.05, 0.1) is 37.3 Å². The van der Waals surface area contributed by atoms with Crippen molar-refractivity contribution in [3.8, 4) is 0 Å². The van der Waals surface area contributed by atoms with Crippen molar-refractivity contribution >= 4 is 11.9 Å². The lowest BCUT2D eigenvalue weighted by atomic mass is 9.79. The van der Waals surface area contributed by atoms with Crippen molar-refractivity contribution in [2.24, 2.45) is 10.8 Å². The summed E-state index contributed by atoms with van der Waals surface area (Å²) < 4.78 is 34.3. The molecule has 0 amide bonds. The van der Waals surface area contributed by atoms with Crippen molar-refractivity contribution < 1.29 is 47.6 Å². The molecule has 3 heterocycles. The molecule has 304 valence electrons. The van der Waals surface area contributed by atoms with Crippen molar-refractivity contribution in [2.75, 3.05) is 14.2 Å². The monoisotopic (exact) mass is 774 g/mol. The molecular formula is C44H58N2O10. The number of ether oxygens (including phenoxy) is 4. The van der Waals surface area contributed by atoms with Gasteiger partial charge in [0.15, 0.2) is 23.2 Å². The second-order valence-corrected chi connectivity index (χ2v) is 14.4. The average molecular weight is 775 g/mol. The number of cyclic esters (lactones) is 2. The van der Waals surface area contributed by atoms with Crippen LogP contribution in [0.5, 0.6) is 0 Å². The van der Waals surface area contributed by atoms with Crippen molar-refractivity contribution in [1.29, 1.82) is 0 Å². The number of oxazole rings is 2. The van der Waals surface area contributed by atoms with Crippen molar-refractivity contribution in [2.45, 2.75) is 104 Å². The van der Waals surface area contributed by atoms with E-state index in [0.717, 1.165) is 0 Å². The van der Waals surface area contributed by atoms with E-state index < -0.39 is 59.4 Å². The van der Waals surface area contributed by atoms with E-state index >= 15 is 0 Å². The molecule has 12 nitrogen and oxygen atoms in total. The molecule has 2 unspecified atom stereocenters. The summed E-state index contributed by atoms with van der Waals surface area (Å²) in [5.41, 5.74) is -1.66. The normalized spacial score (nSPS) is 22.7. The third kappa shape index (κ3) is 13.7. The SMILES string of the molecule is C/C=C/C(O)C(C)(C)[C@@H]1CC=CC=CC=C[C@H](OC)Cc2nc(co2)C(=O)O[C@H](C(C)(C)C(O)/C=C/C)CC=CC=CC=C[C@H](OC)Cc2nc(co2)C(=O)O1. The molecule has 0 saturated heterocycles. The molecule has 1 aliphatic rings. The number of allylic oxidation sites excluding steroid dienone is 10. The fraction of sp³-hybridized carbons (Fsp3) is 0.455. The maximum absolute atomic E-state index is 13.3. The number of aliphatic hydroxyl groups excluding tert-OH is 2. The molecule has 2 N–H and O–H groups in total. The summed E-state index contributed by atoms with van der Waals surface area (Å²) in [7, 11) is 3.12. The first kappa shape index (κ1) is 45.5. The number of fused-ring (bicyclic) bond motifs is 4. The van der Waals surface area contributed by atoms with Crippen LogP contribution in [-0.4, -0.2) is 83.0 Å². The number of hydrogen-bond acceptors (Lipinski definition) is 12. The van der Waals surface area contributed by atoms with E-state index in [1.54, 1.807) is 38.5 Å². The minimum Gasteiger partial charge on any atom is -0.457 e. The van der Waals surface area contributed by atoms with Gasteiger partial charge < -0.3 is 38.0 Å². The van der Waals surface area contributed by atoms with Crippen LogP contribution in [0.1, 0.15) is 87.1 Å². The maximum atomic E-state index is 13.3. The molecule has 4 bridgehead atoms. The summed E-state index contributed by atoms with van der Waals surface area (Å²) >= 11 is 0. The lowest BCUT2D eigenvalue weighted by Crippen LogP contribution is -2.42. The molecule has 0 radical (unpaired) electrons. The van der Waals surface area contributed by atoms with Gasteiger partial charge in [-0.05, 0) is 13.8 Å². The standard InChI is InChI=1S/C44H58N2O10/c1-9-21-35(47)43(3,4)37-25-19-15-11-13-17-23-32(52-8)28-40-46-34(30-54-40)42(50)56-38(44(5,6)36(48)22-10-2)26-20-16-12-14-18-24-31(51-7)27-39-45-33(29-53-39)41(49)55-37/h9-24,29-32,35-38,47-48H,25-28H2,1-8H3/b13-11?,14-12?,19-15?,20-16?,21-9+,22-10+,23-17?,24-18?/t31-,32-,35?,36?,37-,38-/m0/s1. The van der Waals surface area contributed by atoms with Gasteiger partial charge in [0, 0.05) is 37.9 Å². The molecule has 0 saturated carbocycles. The van der Waals surface area contributed by atoms with Crippen LogP contribution < -0.4 is 0 Å². The zero-order valence-corrected chi connectivity index (χ0v) is 33.7. The largest absolute Gasteiger partial charge is 0.457 e. The predicted molar refractivity (Wildman–Crippen MR) is 214 cm³/mol. The van der Waals surface area contributed by atoms with Crippen LogP contribution in [0.25, 0.3) is 0 Å². The van der Waals surface area contributed by atoms with E-state index in [1.165, 1.54) is 12.5 Å². The van der Waals surface area contributed by atoms with Gasteiger partial charge in [0.2, 0.25) is 0 Å². The summed E-state index contributed by atoms with van der Waals surface area (Å²) in [4.78, 5) is 35.3. The third-order valence-corrected chi connectivity index (χ3v) is 9.60. The summed E-state index contributed by atoms with van der Waals surface area (Å²) in [6.45, 7) is 11.0. The Balaban J connectivity index is 1.93. The molecule has 2 aromatic heterocycles. The Labute approximate surface area is 330 Å². The number of carbonyl (C=O) groups is 2. The van der Waals surface area contributed by atoms with E-state index in [-0.39, 0.29) is 24.2 Å². The summed E-state index contributed by atoms with van der Waals surface area (Å²) in [6, 6.07) is 0. The van der Waals surface area contributed by atoms with E-state index in [0.29, 0.717) is 24.6 Å². The fourth-order valence-corrected chi connectivity index (χ4v) is 5.62. The van der Waals surface area contributed by atoms with Gasteiger partial charge in [-0.15, -0.1) is 0 Å². The quantitative estimate of drug-likeness (QED) is 0.200. The Morgan fingerprint density at radius 1 is 0.661 bits per heavy atom. The molecular weight excluding hydrogens is 716 g/mol. The molecule has 56 heavy (non-hydrogen) atoms.